The number of carboxylic acids is 1. The first-order valence-corrected chi connectivity index (χ1v) is 9.09. The molecule has 1 aromatic heterocycles. The van der Waals surface area contributed by atoms with Crippen molar-refractivity contribution in [2.45, 2.75) is 19.8 Å². The Bertz CT molecular complexity index is 1010. The van der Waals surface area contributed by atoms with Gasteiger partial charge in [-0.05, 0) is 47.5 Å². The molecule has 30 heavy (non-hydrogen) atoms. The van der Waals surface area contributed by atoms with Gasteiger partial charge < -0.3 is 14.6 Å². The molecular formula is C23H19NO6. The van der Waals surface area contributed by atoms with E-state index in [1.165, 1.54) is 32.2 Å². The molecule has 0 aliphatic heterocycles. The molecule has 7 nitrogen and oxygen atoms in total. The third-order valence-electron chi connectivity index (χ3n) is 4.27. The molecule has 0 aliphatic carbocycles. The Balaban J connectivity index is 2.04. The number of aromatic carboxylic acids is 1. The number of carbonyl (C=O) groups excluding carboxylic acids is 2. The summed E-state index contributed by atoms with van der Waals surface area (Å²) in [6.07, 6.45) is 1.45. The van der Waals surface area contributed by atoms with Crippen LogP contribution in [0.2, 0.25) is 0 Å². The number of rotatable bonds is 6. The van der Waals surface area contributed by atoms with Gasteiger partial charge in [0.05, 0.1) is 17.2 Å². The van der Waals surface area contributed by atoms with Gasteiger partial charge in [-0.2, -0.15) is 0 Å². The Morgan fingerprint density at radius 1 is 0.800 bits per heavy atom. The van der Waals surface area contributed by atoms with Crippen molar-refractivity contribution in [2.24, 2.45) is 0 Å². The molecule has 152 valence electrons. The van der Waals surface area contributed by atoms with Gasteiger partial charge in [0.1, 0.15) is 11.5 Å². The number of carbonyl (C=O) groups is 3. The van der Waals surface area contributed by atoms with E-state index < -0.39 is 17.9 Å². The standard InChI is InChI=1S/C23H19NO6/c1-14(25)29-19-7-3-16(4-8-19)22(21-13-18(23(27)28)11-12-24-21)17-5-9-20(10-6-17)30-15(2)26/h3-13,22H,1-2H3,(H,27,28). The molecule has 3 rings (SSSR count). The molecular weight excluding hydrogens is 386 g/mol. The van der Waals surface area contributed by atoms with Crippen LogP contribution in [0, 0.1) is 0 Å². The predicted molar refractivity (Wildman–Crippen MR) is 108 cm³/mol. The van der Waals surface area contributed by atoms with Gasteiger partial charge in [0.2, 0.25) is 0 Å². The molecule has 0 saturated carbocycles. The number of carboxylic acid groups (broad SMARTS) is 1. The lowest BCUT2D eigenvalue weighted by molar-refractivity contribution is -0.132. The molecule has 0 fully saturated rings. The van der Waals surface area contributed by atoms with E-state index in [1.54, 1.807) is 48.5 Å². The Morgan fingerprint density at radius 3 is 1.67 bits per heavy atom. The van der Waals surface area contributed by atoms with Crippen molar-refractivity contribution in [3.8, 4) is 11.5 Å². The maximum absolute atomic E-state index is 11.4. The number of hydrogen-bond donors (Lipinski definition) is 1. The fraction of sp³-hybridized carbons (Fsp3) is 0.130. The number of hydrogen-bond acceptors (Lipinski definition) is 6. The van der Waals surface area contributed by atoms with Crippen molar-refractivity contribution in [1.29, 1.82) is 0 Å². The van der Waals surface area contributed by atoms with E-state index >= 15 is 0 Å². The molecule has 0 saturated heterocycles. The highest BCUT2D eigenvalue weighted by Crippen LogP contribution is 2.33. The molecule has 0 aliphatic rings. The number of pyridine rings is 1. The van der Waals surface area contributed by atoms with Gasteiger partial charge in [-0.15, -0.1) is 0 Å². The zero-order valence-electron chi connectivity index (χ0n) is 16.4. The lowest BCUT2D eigenvalue weighted by atomic mass is 9.87. The van der Waals surface area contributed by atoms with Crippen LogP contribution in [-0.4, -0.2) is 28.0 Å². The normalized spacial score (nSPS) is 10.5. The largest absolute Gasteiger partial charge is 0.478 e. The Labute approximate surface area is 172 Å². The van der Waals surface area contributed by atoms with E-state index in [4.69, 9.17) is 9.47 Å². The topological polar surface area (TPSA) is 103 Å². The van der Waals surface area contributed by atoms with Crippen LogP contribution in [0.15, 0.2) is 66.9 Å². The van der Waals surface area contributed by atoms with Crippen molar-refractivity contribution >= 4 is 17.9 Å². The quantitative estimate of drug-likeness (QED) is 0.491. The molecule has 0 radical (unpaired) electrons. The number of nitrogens with zero attached hydrogens (tertiary/aromatic N) is 1. The number of esters is 2. The average Bonchev–Trinajstić information content (AvgIpc) is 2.70. The maximum Gasteiger partial charge on any atom is 0.335 e. The molecule has 0 atom stereocenters. The second-order valence-electron chi connectivity index (χ2n) is 6.53. The summed E-state index contributed by atoms with van der Waals surface area (Å²) in [4.78, 5) is 38.1. The lowest BCUT2D eigenvalue weighted by Crippen LogP contribution is -2.08. The summed E-state index contributed by atoms with van der Waals surface area (Å²) in [6, 6.07) is 16.8. The van der Waals surface area contributed by atoms with Gasteiger partial charge in [-0.1, -0.05) is 24.3 Å². The SMILES string of the molecule is CC(=O)Oc1ccc(C(c2ccc(OC(C)=O)cc2)c2cc(C(=O)O)ccn2)cc1. The van der Waals surface area contributed by atoms with E-state index in [9.17, 15) is 19.5 Å². The minimum absolute atomic E-state index is 0.123. The molecule has 0 bridgehead atoms. The smallest absolute Gasteiger partial charge is 0.335 e. The van der Waals surface area contributed by atoms with Gasteiger partial charge in [0, 0.05) is 20.0 Å². The summed E-state index contributed by atoms with van der Waals surface area (Å²) >= 11 is 0. The van der Waals surface area contributed by atoms with E-state index in [-0.39, 0.29) is 11.5 Å². The van der Waals surface area contributed by atoms with Crippen molar-refractivity contribution in [3.05, 3.63) is 89.2 Å². The van der Waals surface area contributed by atoms with Crippen molar-refractivity contribution in [1.82, 2.24) is 4.98 Å². The molecule has 7 heteroatoms. The van der Waals surface area contributed by atoms with Gasteiger partial charge in [0.25, 0.3) is 0 Å². The van der Waals surface area contributed by atoms with E-state index in [1.807, 2.05) is 0 Å². The minimum Gasteiger partial charge on any atom is -0.478 e. The highest BCUT2D eigenvalue weighted by Gasteiger charge is 2.20. The highest BCUT2D eigenvalue weighted by atomic mass is 16.5. The lowest BCUT2D eigenvalue weighted by Gasteiger charge is -2.19. The Kier molecular flexibility index (Phi) is 6.22. The molecule has 0 spiro atoms. The molecule has 0 unspecified atom stereocenters. The summed E-state index contributed by atoms with van der Waals surface area (Å²) in [7, 11) is 0. The summed E-state index contributed by atoms with van der Waals surface area (Å²) in [6.45, 7) is 2.64. The first-order valence-electron chi connectivity index (χ1n) is 9.09. The van der Waals surface area contributed by atoms with E-state index in [2.05, 4.69) is 4.98 Å². The number of benzene rings is 2. The second-order valence-corrected chi connectivity index (χ2v) is 6.53. The Hall–Kier alpha value is -4.00. The van der Waals surface area contributed by atoms with Crippen LogP contribution in [0.4, 0.5) is 0 Å². The van der Waals surface area contributed by atoms with Crippen LogP contribution in [0.5, 0.6) is 11.5 Å². The first-order chi connectivity index (χ1) is 14.3. The molecule has 0 amide bonds. The number of aromatic nitrogens is 1. The van der Waals surface area contributed by atoms with Gasteiger partial charge in [-0.3, -0.25) is 14.6 Å². The Morgan fingerprint density at radius 2 is 1.27 bits per heavy atom. The monoisotopic (exact) mass is 405 g/mol. The van der Waals surface area contributed by atoms with Crippen LogP contribution in [0.3, 0.4) is 0 Å². The van der Waals surface area contributed by atoms with Crippen LogP contribution in [0.25, 0.3) is 0 Å². The average molecular weight is 405 g/mol. The third kappa shape index (κ3) is 5.08. The van der Waals surface area contributed by atoms with E-state index in [0.717, 1.165) is 11.1 Å². The molecule has 1 N–H and O–H groups in total. The van der Waals surface area contributed by atoms with Crippen LogP contribution in [0.1, 0.15) is 46.9 Å². The van der Waals surface area contributed by atoms with Crippen molar-refractivity contribution < 1.29 is 29.0 Å². The van der Waals surface area contributed by atoms with Gasteiger partial charge in [0.15, 0.2) is 0 Å². The molecule has 1 heterocycles. The maximum atomic E-state index is 11.4. The zero-order valence-corrected chi connectivity index (χ0v) is 16.4. The molecule has 3 aromatic rings. The summed E-state index contributed by atoms with van der Waals surface area (Å²) in [5.41, 5.74) is 2.30. The van der Waals surface area contributed by atoms with Crippen molar-refractivity contribution in [2.75, 3.05) is 0 Å². The minimum atomic E-state index is -1.05. The third-order valence-corrected chi connectivity index (χ3v) is 4.27. The van der Waals surface area contributed by atoms with Crippen molar-refractivity contribution in [3.63, 3.8) is 0 Å². The second kappa shape index (κ2) is 9.00. The fourth-order valence-corrected chi connectivity index (χ4v) is 3.06. The summed E-state index contributed by atoms with van der Waals surface area (Å²) in [5, 5.41) is 9.35. The van der Waals surface area contributed by atoms with Gasteiger partial charge in [-0.25, -0.2) is 4.79 Å². The number of ether oxygens (including phenoxy) is 2. The van der Waals surface area contributed by atoms with Gasteiger partial charge >= 0.3 is 17.9 Å². The van der Waals surface area contributed by atoms with Crippen LogP contribution < -0.4 is 9.47 Å². The zero-order chi connectivity index (χ0) is 21.7. The summed E-state index contributed by atoms with van der Waals surface area (Å²) in [5.74, 6) is -1.47. The first kappa shape index (κ1) is 20.7. The fourth-order valence-electron chi connectivity index (χ4n) is 3.06. The van der Waals surface area contributed by atoms with Crippen LogP contribution >= 0.6 is 0 Å². The predicted octanol–water partition coefficient (Wildman–Crippen LogP) is 3.81. The highest BCUT2D eigenvalue weighted by molar-refractivity contribution is 5.87. The molecule has 2 aromatic carbocycles. The summed E-state index contributed by atoms with van der Waals surface area (Å²) < 4.78 is 10.2. The van der Waals surface area contributed by atoms with E-state index in [0.29, 0.717) is 17.2 Å². The van der Waals surface area contributed by atoms with Crippen LogP contribution in [-0.2, 0) is 9.59 Å².